The first-order chi connectivity index (χ1) is 14.9. The number of unbranched alkanes of at least 4 members (excludes halogenated alkanes) is 1. The van der Waals surface area contributed by atoms with Gasteiger partial charge in [-0.15, -0.1) is 0 Å². The summed E-state index contributed by atoms with van der Waals surface area (Å²) in [6.45, 7) is 4.71. The van der Waals surface area contributed by atoms with Crippen LogP contribution in [0.5, 0.6) is 11.5 Å². The van der Waals surface area contributed by atoms with Crippen LogP contribution in [0.4, 0.5) is 0 Å². The summed E-state index contributed by atoms with van der Waals surface area (Å²) in [4.78, 5) is 27.2. The van der Waals surface area contributed by atoms with Crippen molar-refractivity contribution >= 4 is 11.8 Å². The molecule has 2 unspecified atom stereocenters. The number of likely N-dealkylation sites (tertiary alicyclic amines) is 1. The van der Waals surface area contributed by atoms with Crippen LogP contribution in [0.1, 0.15) is 75.3 Å². The lowest BCUT2D eigenvalue weighted by molar-refractivity contribution is -0.157. The molecule has 2 aliphatic heterocycles. The van der Waals surface area contributed by atoms with Gasteiger partial charge in [0.15, 0.2) is 11.5 Å². The van der Waals surface area contributed by atoms with Gasteiger partial charge in [-0.2, -0.15) is 0 Å². The van der Waals surface area contributed by atoms with Gasteiger partial charge >= 0.3 is 0 Å². The van der Waals surface area contributed by atoms with E-state index in [1.807, 2.05) is 13.1 Å². The number of carbonyl (C=O) groups excluding carboxylic acids is 2. The van der Waals surface area contributed by atoms with Gasteiger partial charge in [0.05, 0.1) is 6.17 Å². The number of benzene rings is 1. The maximum atomic E-state index is 12.8. The summed E-state index contributed by atoms with van der Waals surface area (Å²) in [6, 6.07) is 4.06. The lowest BCUT2D eigenvalue weighted by Crippen LogP contribution is -2.55. The van der Waals surface area contributed by atoms with Crippen LogP contribution < -0.4 is 14.8 Å². The maximum Gasteiger partial charge on any atom is 0.231 e. The number of rotatable bonds is 7. The van der Waals surface area contributed by atoms with Crippen molar-refractivity contribution in [3.05, 3.63) is 23.3 Å². The molecule has 1 aromatic carbocycles. The van der Waals surface area contributed by atoms with E-state index in [1.165, 1.54) is 10.5 Å². The van der Waals surface area contributed by atoms with Gasteiger partial charge in [0.1, 0.15) is 12.7 Å². The Kier molecular flexibility index (Phi) is 6.56. The van der Waals surface area contributed by atoms with Crippen LogP contribution in [-0.2, 0) is 9.59 Å². The van der Waals surface area contributed by atoms with Crippen LogP contribution in [0.15, 0.2) is 12.1 Å². The fourth-order valence-corrected chi connectivity index (χ4v) is 5.52. The number of amides is 2. The summed E-state index contributed by atoms with van der Waals surface area (Å²) in [5.41, 5.74) is 2.30. The van der Waals surface area contributed by atoms with Crippen LogP contribution in [0.2, 0.25) is 0 Å². The van der Waals surface area contributed by atoms with Crippen molar-refractivity contribution in [1.82, 2.24) is 10.2 Å². The van der Waals surface area contributed by atoms with Crippen LogP contribution in [-0.4, -0.2) is 42.6 Å². The van der Waals surface area contributed by atoms with Crippen LogP contribution in [0, 0.1) is 19.3 Å². The highest BCUT2D eigenvalue weighted by Crippen LogP contribution is 2.47. The van der Waals surface area contributed by atoms with Gasteiger partial charge in [0, 0.05) is 12.8 Å². The third-order valence-electron chi connectivity index (χ3n) is 7.50. The predicted molar refractivity (Wildman–Crippen MR) is 119 cm³/mol. The minimum absolute atomic E-state index is 0.00350. The van der Waals surface area contributed by atoms with Gasteiger partial charge < -0.3 is 9.47 Å². The summed E-state index contributed by atoms with van der Waals surface area (Å²) < 4.78 is 12.1. The maximum absolute atomic E-state index is 12.8. The monoisotopic (exact) mass is 428 g/mol. The minimum atomic E-state index is -0.214. The van der Waals surface area contributed by atoms with E-state index in [9.17, 15) is 9.59 Å². The Morgan fingerprint density at radius 2 is 1.84 bits per heavy atom. The van der Waals surface area contributed by atoms with Gasteiger partial charge in [0.25, 0.3) is 0 Å². The highest BCUT2D eigenvalue weighted by atomic mass is 16.6. The molecule has 1 spiro atoms. The quantitative estimate of drug-likeness (QED) is 0.519. The Labute approximate surface area is 185 Å². The van der Waals surface area contributed by atoms with Crippen LogP contribution in [0.25, 0.3) is 0 Å². The molecule has 4 rings (SSSR count). The molecule has 1 N–H and O–H groups in total. The van der Waals surface area contributed by atoms with E-state index in [0.717, 1.165) is 68.4 Å². The van der Waals surface area contributed by atoms with E-state index >= 15 is 0 Å². The molecule has 0 aromatic heterocycles. The number of carbonyl (C=O) groups is 2. The van der Waals surface area contributed by atoms with E-state index in [1.54, 1.807) is 0 Å². The van der Waals surface area contributed by atoms with E-state index in [2.05, 4.69) is 25.2 Å². The molecule has 1 saturated carbocycles. The zero-order valence-corrected chi connectivity index (χ0v) is 19.2. The number of hydrogen-bond acceptors (Lipinski definition) is 5. The molecular weight excluding hydrogens is 392 g/mol. The zero-order valence-electron chi connectivity index (χ0n) is 19.2. The number of aryl methyl sites for hydroxylation is 1. The van der Waals surface area contributed by atoms with Gasteiger partial charge in [-0.3, -0.25) is 19.8 Å². The topological polar surface area (TPSA) is 67.9 Å². The first-order valence-electron chi connectivity index (χ1n) is 11.8. The average Bonchev–Trinajstić information content (AvgIpc) is 3.19. The molecular formula is C25H36N2O4. The zero-order chi connectivity index (χ0) is 22.0. The Balaban J connectivity index is 1.26. The molecule has 1 aliphatic carbocycles. The van der Waals surface area contributed by atoms with Crippen molar-refractivity contribution in [2.75, 3.05) is 13.7 Å². The predicted octanol–water partition coefficient (Wildman–Crippen LogP) is 4.26. The van der Waals surface area contributed by atoms with E-state index in [4.69, 9.17) is 9.47 Å². The lowest BCUT2D eigenvalue weighted by atomic mass is 9.76. The number of imide groups is 1. The minimum Gasteiger partial charge on any atom is -0.486 e. The Morgan fingerprint density at radius 1 is 1.13 bits per heavy atom. The first kappa shape index (κ1) is 22.1. The molecule has 6 heteroatoms. The van der Waals surface area contributed by atoms with Crippen molar-refractivity contribution in [2.45, 2.75) is 90.3 Å². The number of nitrogens with one attached hydrogen (secondary N) is 1. The van der Waals surface area contributed by atoms with Crippen molar-refractivity contribution in [2.24, 2.45) is 5.41 Å². The molecule has 0 radical (unpaired) electrons. The molecule has 31 heavy (non-hydrogen) atoms. The van der Waals surface area contributed by atoms with Crippen molar-refractivity contribution in [3.63, 3.8) is 0 Å². The third-order valence-corrected chi connectivity index (χ3v) is 7.50. The smallest absolute Gasteiger partial charge is 0.231 e. The second-order valence-electron chi connectivity index (χ2n) is 9.69. The average molecular weight is 429 g/mol. The molecule has 2 amide bonds. The fraction of sp³-hybridized carbons (Fsp3) is 0.680. The van der Waals surface area contributed by atoms with Crippen LogP contribution >= 0.6 is 0 Å². The first-order valence-corrected chi connectivity index (χ1v) is 11.8. The third kappa shape index (κ3) is 4.59. The second-order valence-corrected chi connectivity index (χ2v) is 9.69. The molecule has 1 saturated heterocycles. The summed E-state index contributed by atoms with van der Waals surface area (Å²) in [5, 5.41) is 3.20. The summed E-state index contributed by atoms with van der Waals surface area (Å²) in [7, 11) is 1.84. The van der Waals surface area contributed by atoms with Gasteiger partial charge in [-0.05, 0) is 82.0 Å². The standard InChI is InChI=1S/C25H36N2O4/c1-17-10-11-20-24(18(17)2)30-16-19(31-20)8-4-5-9-21(26-3)27-22(28)14-25(15-23(27)29)12-6-7-13-25/h10-11,19,21,26H,4-9,12-16H2,1-3H3. The highest BCUT2D eigenvalue weighted by molar-refractivity contribution is 5.99. The van der Waals surface area contributed by atoms with E-state index < -0.39 is 0 Å². The van der Waals surface area contributed by atoms with Gasteiger partial charge in [-0.1, -0.05) is 18.9 Å². The molecule has 2 heterocycles. The number of piperidine rings is 1. The summed E-state index contributed by atoms with van der Waals surface area (Å²) in [5.74, 6) is 1.71. The summed E-state index contributed by atoms with van der Waals surface area (Å²) in [6.07, 6.45) is 8.78. The van der Waals surface area contributed by atoms with Gasteiger partial charge in [0.2, 0.25) is 11.8 Å². The van der Waals surface area contributed by atoms with Crippen LogP contribution in [0.3, 0.4) is 0 Å². The molecule has 2 fully saturated rings. The van der Waals surface area contributed by atoms with Crippen molar-refractivity contribution < 1.29 is 19.1 Å². The molecule has 3 aliphatic rings. The SMILES string of the molecule is CNC(CCCCC1COc2c(ccc(C)c2C)O1)N1C(=O)CC2(CCCC2)CC1=O. The van der Waals surface area contributed by atoms with Gasteiger partial charge in [-0.25, -0.2) is 0 Å². The largest absolute Gasteiger partial charge is 0.486 e. The molecule has 0 bridgehead atoms. The number of ether oxygens (including phenoxy) is 2. The lowest BCUT2D eigenvalue weighted by Gasteiger charge is -2.40. The van der Waals surface area contributed by atoms with E-state index in [-0.39, 0.29) is 29.5 Å². The van der Waals surface area contributed by atoms with Crippen molar-refractivity contribution in [1.29, 1.82) is 0 Å². The molecule has 6 nitrogen and oxygen atoms in total. The number of fused-ring (bicyclic) bond motifs is 1. The van der Waals surface area contributed by atoms with E-state index in [0.29, 0.717) is 19.4 Å². The molecule has 2 atom stereocenters. The number of hydrogen-bond donors (Lipinski definition) is 1. The second kappa shape index (κ2) is 9.19. The highest BCUT2D eigenvalue weighted by Gasteiger charge is 2.46. The van der Waals surface area contributed by atoms with Crippen molar-refractivity contribution in [3.8, 4) is 11.5 Å². The fourth-order valence-electron chi connectivity index (χ4n) is 5.52. The summed E-state index contributed by atoms with van der Waals surface area (Å²) >= 11 is 0. The Morgan fingerprint density at radius 3 is 2.52 bits per heavy atom. The normalized spacial score (nSPS) is 23.5. The Hall–Kier alpha value is -2.08. The Bertz CT molecular complexity index is 811. The molecule has 170 valence electrons. The number of nitrogens with zero attached hydrogens (tertiary/aromatic N) is 1. The molecule has 1 aromatic rings.